The summed E-state index contributed by atoms with van der Waals surface area (Å²) in [5.41, 5.74) is 0. The molecule has 0 saturated carbocycles. The molecule has 0 N–H and O–H groups in total. The first-order valence-electron chi connectivity index (χ1n) is 0. The van der Waals surface area contributed by atoms with Crippen molar-refractivity contribution in [3.05, 3.63) is 0 Å². The molecule has 0 bridgehead atoms. The topological polar surface area (TPSA) is 0 Å². The first kappa shape index (κ1) is 31.2. The quantitative estimate of drug-likeness (QED) is 0.510. The van der Waals surface area contributed by atoms with Gasteiger partial charge in [0.25, 0.3) is 0 Å². The third kappa shape index (κ3) is 8.82. The summed E-state index contributed by atoms with van der Waals surface area (Å²) in [6.07, 6.45) is 0. The van der Waals surface area contributed by atoms with E-state index in [2.05, 4.69) is 0 Å². The second kappa shape index (κ2) is 17.7. The van der Waals surface area contributed by atoms with Crippen molar-refractivity contribution in [2.24, 2.45) is 0 Å². The molecule has 0 heterocycles. The van der Waals surface area contributed by atoms with Gasteiger partial charge in [0.15, 0.2) is 0 Å². The van der Waals surface area contributed by atoms with Crippen molar-refractivity contribution in [1.82, 2.24) is 0 Å². The average molecular weight is 392 g/mol. The second-order valence-electron chi connectivity index (χ2n) is 0. The van der Waals surface area contributed by atoms with Crippen LogP contribution in [0.3, 0.4) is 0 Å². The minimum Gasteiger partial charge on any atom is 0 e. The van der Waals surface area contributed by atoms with Gasteiger partial charge >= 0.3 is 0 Å². The molecule has 0 saturated heterocycles. The zero-order valence-corrected chi connectivity index (χ0v) is 8.87. The van der Waals surface area contributed by atoms with E-state index in [0.717, 1.165) is 0 Å². The van der Waals surface area contributed by atoms with Gasteiger partial charge in [-0.1, -0.05) is 0 Å². The van der Waals surface area contributed by atoms with Gasteiger partial charge in [-0.15, -0.1) is 0 Å². The third-order valence-electron chi connectivity index (χ3n) is 0. The van der Waals surface area contributed by atoms with E-state index in [1.165, 1.54) is 0 Å². The molecule has 0 aromatic carbocycles. The van der Waals surface area contributed by atoms with Crippen LogP contribution in [0.1, 0.15) is 0 Å². The Labute approximate surface area is 78.0 Å². The van der Waals surface area contributed by atoms with E-state index in [1.807, 2.05) is 0 Å². The van der Waals surface area contributed by atoms with Gasteiger partial charge < -0.3 is 0 Å². The molecular formula is CoRuTiW. The maximum atomic E-state index is 0. The van der Waals surface area contributed by atoms with Crippen LogP contribution in [-0.2, 0) is 79.0 Å². The van der Waals surface area contributed by atoms with Crippen molar-refractivity contribution < 1.29 is 79.0 Å². The van der Waals surface area contributed by atoms with E-state index >= 15 is 0 Å². The smallest absolute Gasteiger partial charge is 0 e. The fourth-order valence-corrected chi connectivity index (χ4v) is 0. The van der Waals surface area contributed by atoms with Crippen molar-refractivity contribution in [3.8, 4) is 0 Å². The molecule has 0 amide bonds. The first-order valence-corrected chi connectivity index (χ1v) is 0. The molecule has 0 aliphatic carbocycles. The largest absolute Gasteiger partial charge is 0 e. The van der Waals surface area contributed by atoms with Crippen molar-refractivity contribution >= 4 is 0 Å². The molecular weight excluding hydrogens is 392 g/mol. The van der Waals surface area contributed by atoms with Crippen LogP contribution in [0, 0.1) is 0 Å². The zero-order valence-electron chi connectivity index (χ0n) is 1.60. The van der Waals surface area contributed by atoms with Crippen LogP contribution in [0.25, 0.3) is 0 Å². The van der Waals surface area contributed by atoms with Gasteiger partial charge in [-0.05, 0) is 0 Å². The van der Waals surface area contributed by atoms with E-state index < -0.39 is 0 Å². The molecule has 0 aliphatic rings. The molecule has 0 fully saturated rings. The van der Waals surface area contributed by atoms with Crippen LogP contribution < -0.4 is 0 Å². The minimum absolute atomic E-state index is 0. The van der Waals surface area contributed by atoms with E-state index in [-0.39, 0.29) is 79.0 Å². The summed E-state index contributed by atoms with van der Waals surface area (Å²) in [5, 5.41) is 0. The maximum absolute atomic E-state index is 0. The van der Waals surface area contributed by atoms with Crippen molar-refractivity contribution in [3.63, 3.8) is 0 Å². The Morgan fingerprint density at radius 3 is 1.00 bits per heavy atom. The second-order valence-corrected chi connectivity index (χ2v) is 0. The van der Waals surface area contributed by atoms with E-state index in [9.17, 15) is 0 Å². The van der Waals surface area contributed by atoms with Crippen LogP contribution in [0.4, 0.5) is 0 Å². The van der Waals surface area contributed by atoms with E-state index in [0.29, 0.717) is 0 Å². The molecule has 0 nitrogen and oxygen atoms in total. The predicted molar refractivity (Wildman–Crippen MR) is 0 cm³/mol. The third-order valence-corrected chi connectivity index (χ3v) is 0. The Kier molecular flexibility index (Phi) is 138. The first-order chi connectivity index (χ1) is 0. The molecule has 4 heteroatoms. The van der Waals surface area contributed by atoms with E-state index in [1.54, 1.807) is 0 Å². The summed E-state index contributed by atoms with van der Waals surface area (Å²) < 4.78 is 0. The molecule has 0 unspecified atom stereocenters. The minimum atomic E-state index is 0. The van der Waals surface area contributed by atoms with Gasteiger partial charge in [-0.3, -0.25) is 0 Å². The van der Waals surface area contributed by atoms with Gasteiger partial charge in [0.1, 0.15) is 0 Å². The summed E-state index contributed by atoms with van der Waals surface area (Å²) in [6, 6.07) is 0. The van der Waals surface area contributed by atoms with Gasteiger partial charge in [0.2, 0.25) is 0 Å². The summed E-state index contributed by atoms with van der Waals surface area (Å²) >= 11 is 0. The van der Waals surface area contributed by atoms with Gasteiger partial charge in [0, 0.05) is 79.0 Å². The Morgan fingerprint density at radius 1 is 1.00 bits per heavy atom. The normalized spacial score (nSPS) is 0. The molecule has 0 aromatic rings. The van der Waals surface area contributed by atoms with Crippen LogP contribution in [0.5, 0.6) is 0 Å². The summed E-state index contributed by atoms with van der Waals surface area (Å²) in [5.74, 6) is 0. The number of rotatable bonds is 0. The predicted octanol–water partition coefficient (Wildman–Crippen LogP) is -0.0100. The molecule has 0 spiro atoms. The van der Waals surface area contributed by atoms with Crippen molar-refractivity contribution in [2.45, 2.75) is 0 Å². The Hall–Kier alpha value is 2.53. The molecule has 0 rings (SSSR count). The van der Waals surface area contributed by atoms with Crippen LogP contribution in [-0.4, -0.2) is 0 Å². The fraction of sp³-hybridized carbons (Fsp3) is 0. The molecule has 27 valence electrons. The fourth-order valence-electron chi connectivity index (χ4n) is 0. The van der Waals surface area contributed by atoms with Gasteiger partial charge in [0.05, 0.1) is 0 Å². The Morgan fingerprint density at radius 2 is 1.00 bits per heavy atom. The summed E-state index contributed by atoms with van der Waals surface area (Å²) in [7, 11) is 0. The standard InChI is InChI=1S/Co.Ru.Ti.W. The van der Waals surface area contributed by atoms with E-state index in [4.69, 9.17) is 0 Å². The SMILES string of the molecule is [Co].[Ru].[Ti].[W]. The average Bonchev–Trinajstić information content (AvgIpc) is 0. The Balaban J connectivity index is 0. The monoisotopic (exact) mass is 393 g/mol. The van der Waals surface area contributed by atoms with Gasteiger partial charge in [-0.25, -0.2) is 0 Å². The maximum Gasteiger partial charge on any atom is 0 e. The zero-order chi connectivity index (χ0) is 0. The van der Waals surface area contributed by atoms with Gasteiger partial charge in [-0.2, -0.15) is 0 Å². The molecule has 0 atom stereocenters. The molecule has 1 radical (unpaired) electrons. The van der Waals surface area contributed by atoms with Crippen LogP contribution in [0.15, 0.2) is 0 Å². The van der Waals surface area contributed by atoms with Crippen LogP contribution >= 0.6 is 0 Å². The molecule has 0 aliphatic heterocycles. The van der Waals surface area contributed by atoms with Crippen LogP contribution in [0.2, 0.25) is 0 Å². The van der Waals surface area contributed by atoms with Crippen molar-refractivity contribution in [2.75, 3.05) is 0 Å². The summed E-state index contributed by atoms with van der Waals surface area (Å²) in [4.78, 5) is 0. The molecule has 4 heavy (non-hydrogen) atoms. The molecule has 0 aromatic heterocycles. The number of hydrogen-bond acceptors (Lipinski definition) is 0. The summed E-state index contributed by atoms with van der Waals surface area (Å²) in [6.45, 7) is 0. The van der Waals surface area contributed by atoms with Crippen molar-refractivity contribution in [1.29, 1.82) is 0 Å². The Bertz CT molecular complexity index is 8.00. The number of hydrogen-bond donors (Lipinski definition) is 0.